The highest BCUT2D eigenvalue weighted by Crippen LogP contribution is 2.10. The molecule has 1 aromatic carbocycles. The van der Waals surface area contributed by atoms with Crippen molar-refractivity contribution < 1.29 is 9.90 Å². The van der Waals surface area contributed by atoms with Gasteiger partial charge in [0.1, 0.15) is 5.69 Å². The van der Waals surface area contributed by atoms with Crippen LogP contribution in [-0.2, 0) is 6.61 Å². The molecule has 1 heterocycles. The number of aliphatic hydroxyl groups excluding tert-OH is 1. The SMILES string of the molecule is O=C(Nc1ccc(CO)cc1)c1cc(=O)[nH]c(=O)[nH]1. The Morgan fingerprint density at radius 3 is 2.42 bits per heavy atom. The molecule has 4 N–H and O–H groups in total. The molecule has 0 spiro atoms. The maximum absolute atomic E-state index is 11.8. The van der Waals surface area contributed by atoms with E-state index in [2.05, 4.69) is 10.3 Å². The zero-order chi connectivity index (χ0) is 13.8. The van der Waals surface area contributed by atoms with Crippen LogP contribution in [0.2, 0.25) is 0 Å². The molecule has 0 aliphatic rings. The molecule has 1 aromatic heterocycles. The summed E-state index contributed by atoms with van der Waals surface area (Å²) in [5.41, 5.74) is -0.316. The van der Waals surface area contributed by atoms with Crippen LogP contribution in [0.5, 0.6) is 0 Å². The van der Waals surface area contributed by atoms with Gasteiger partial charge in [-0.15, -0.1) is 0 Å². The monoisotopic (exact) mass is 261 g/mol. The fourth-order valence-electron chi connectivity index (χ4n) is 1.48. The third kappa shape index (κ3) is 3.17. The minimum absolute atomic E-state index is 0.0877. The molecule has 7 nitrogen and oxygen atoms in total. The number of nitrogens with one attached hydrogen (secondary N) is 3. The first-order valence-corrected chi connectivity index (χ1v) is 5.43. The zero-order valence-corrected chi connectivity index (χ0v) is 9.77. The van der Waals surface area contributed by atoms with Gasteiger partial charge in [0.05, 0.1) is 6.61 Å². The minimum atomic E-state index is -0.742. The van der Waals surface area contributed by atoms with Crippen LogP contribution in [0.3, 0.4) is 0 Å². The number of carbonyl (C=O) groups is 1. The van der Waals surface area contributed by atoms with Gasteiger partial charge < -0.3 is 15.4 Å². The number of hydrogen-bond donors (Lipinski definition) is 4. The fourth-order valence-corrected chi connectivity index (χ4v) is 1.48. The molecule has 7 heteroatoms. The Labute approximate surface area is 106 Å². The Morgan fingerprint density at radius 2 is 1.84 bits per heavy atom. The molecule has 0 unspecified atom stereocenters. The molecule has 0 fully saturated rings. The molecule has 0 radical (unpaired) electrons. The molecule has 0 aliphatic heterocycles. The minimum Gasteiger partial charge on any atom is -0.392 e. The third-order valence-corrected chi connectivity index (χ3v) is 2.40. The molecule has 19 heavy (non-hydrogen) atoms. The van der Waals surface area contributed by atoms with E-state index >= 15 is 0 Å². The van der Waals surface area contributed by atoms with Gasteiger partial charge in [-0.25, -0.2) is 4.79 Å². The first-order valence-electron chi connectivity index (χ1n) is 5.43. The lowest BCUT2D eigenvalue weighted by Gasteiger charge is -2.05. The van der Waals surface area contributed by atoms with E-state index < -0.39 is 17.2 Å². The lowest BCUT2D eigenvalue weighted by atomic mass is 10.2. The van der Waals surface area contributed by atoms with E-state index in [1.165, 1.54) is 0 Å². The highest BCUT2D eigenvalue weighted by atomic mass is 16.3. The normalized spacial score (nSPS) is 10.2. The number of hydrogen-bond acceptors (Lipinski definition) is 4. The predicted octanol–water partition coefficient (Wildman–Crippen LogP) is -0.192. The van der Waals surface area contributed by atoms with Gasteiger partial charge >= 0.3 is 5.69 Å². The van der Waals surface area contributed by atoms with Crippen LogP contribution in [0.25, 0.3) is 0 Å². The predicted molar refractivity (Wildman–Crippen MR) is 68.0 cm³/mol. The number of aliphatic hydroxyl groups is 1. The van der Waals surface area contributed by atoms with Crippen molar-refractivity contribution in [2.45, 2.75) is 6.61 Å². The first kappa shape index (κ1) is 12.8. The topological polar surface area (TPSA) is 115 Å². The summed E-state index contributed by atoms with van der Waals surface area (Å²) < 4.78 is 0. The fraction of sp³-hybridized carbons (Fsp3) is 0.0833. The van der Waals surface area contributed by atoms with Crippen LogP contribution in [-0.4, -0.2) is 21.0 Å². The van der Waals surface area contributed by atoms with Gasteiger partial charge in [0, 0.05) is 11.8 Å². The molecule has 0 aliphatic carbocycles. The summed E-state index contributed by atoms with van der Waals surface area (Å²) in [6, 6.07) is 7.51. The van der Waals surface area contributed by atoms with Crippen LogP contribution in [0.4, 0.5) is 5.69 Å². The Bertz CT molecular complexity index is 672. The zero-order valence-electron chi connectivity index (χ0n) is 9.77. The van der Waals surface area contributed by atoms with Crippen LogP contribution < -0.4 is 16.6 Å². The molecule has 2 rings (SSSR count). The lowest BCUT2D eigenvalue weighted by molar-refractivity contribution is 0.102. The Kier molecular flexibility index (Phi) is 3.58. The molecular formula is C12H11N3O4. The van der Waals surface area contributed by atoms with E-state index in [1.54, 1.807) is 24.3 Å². The van der Waals surface area contributed by atoms with Crippen LogP contribution >= 0.6 is 0 Å². The van der Waals surface area contributed by atoms with Gasteiger partial charge in [0.2, 0.25) is 0 Å². The number of carbonyl (C=O) groups excluding carboxylic acids is 1. The van der Waals surface area contributed by atoms with Crippen molar-refractivity contribution in [3.63, 3.8) is 0 Å². The third-order valence-electron chi connectivity index (χ3n) is 2.40. The van der Waals surface area contributed by atoms with E-state index in [0.29, 0.717) is 11.3 Å². The number of benzene rings is 1. The maximum Gasteiger partial charge on any atom is 0.326 e. The summed E-state index contributed by atoms with van der Waals surface area (Å²) in [6.45, 7) is -0.0877. The molecule has 0 atom stereocenters. The van der Waals surface area contributed by atoms with E-state index in [9.17, 15) is 14.4 Å². The van der Waals surface area contributed by atoms with Crippen molar-refractivity contribution in [3.8, 4) is 0 Å². The van der Waals surface area contributed by atoms with Gasteiger partial charge in [0.25, 0.3) is 11.5 Å². The average molecular weight is 261 g/mol. The Hall–Kier alpha value is -2.67. The van der Waals surface area contributed by atoms with Crippen molar-refractivity contribution in [1.29, 1.82) is 0 Å². The Balaban J connectivity index is 2.20. The van der Waals surface area contributed by atoms with Gasteiger partial charge in [0.15, 0.2) is 0 Å². The van der Waals surface area contributed by atoms with E-state index in [4.69, 9.17) is 5.11 Å². The standard InChI is InChI=1S/C12H11N3O4/c16-6-7-1-3-8(4-2-7)13-11(18)9-5-10(17)15-12(19)14-9/h1-5,16H,6H2,(H,13,18)(H2,14,15,17,19). The van der Waals surface area contributed by atoms with Crippen molar-refractivity contribution in [2.24, 2.45) is 0 Å². The van der Waals surface area contributed by atoms with Crippen molar-refractivity contribution in [3.05, 3.63) is 62.4 Å². The molecule has 0 saturated carbocycles. The first-order chi connectivity index (χ1) is 9.08. The number of anilines is 1. The number of amides is 1. The quantitative estimate of drug-likeness (QED) is 0.612. The molecule has 1 amide bonds. The summed E-state index contributed by atoms with van der Waals surface area (Å²) in [7, 11) is 0. The van der Waals surface area contributed by atoms with Crippen LogP contribution in [0, 0.1) is 0 Å². The maximum atomic E-state index is 11.8. The highest BCUT2D eigenvalue weighted by molar-refractivity contribution is 6.02. The van der Waals surface area contributed by atoms with Gasteiger partial charge in [-0.2, -0.15) is 0 Å². The molecule has 0 bridgehead atoms. The number of aromatic amines is 2. The average Bonchev–Trinajstić information content (AvgIpc) is 2.38. The van der Waals surface area contributed by atoms with E-state index in [1.807, 2.05) is 4.98 Å². The van der Waals surface area contributed by atoms with Gasteiger partial charge in [-0.3, -0.25) is 14.6 Å². The largest absolute Gasteiger partial charge is 0.392 e. The van der Waals surface area contributed by atoms with Crippen LogP contribution in [0.1, 0.15) is 16.1 Å². The summed E-state index contributed by atoms with van der Waals surface area (Å²) in [5.74, 6) is -0.597. The molecule has 0 saturated heterocycles. The second-order valence-corrected chi connectivity index (χ2v) is 3.81. The van der Waals surface area contributed by atoms with E-state index in [0.717, 1.165) is 6.07 Å². The van der Waals surface area contributed by atoms with Gasteiger partial charge in [-0.05, 0) is 17.7 Å². The second kappa shape index (κ2) is 5.32. The lowest BCUT2D eigenvalue weighted by Crippen LogP contribution is -2.27. The van der Waals surface area contributed by atoms with Crippen molar-refractivity contribution >= 4 is 11.6 Å². The number of H-pyrrole nitrogens is 2. The second-order valence-electron chi connectivity index (χ2n) is 3.81. The van der Waals surface area contributed by atoms with E-state index in [-0.39, 0.29) is 12.3 Å². The molecule has 98 valence electrons. The number of aromatic nitrogens is 2. The summed E-state index contributed by atoms with van der Waals surface area (Å²) in [6.07, 6.45) is 0. The number of rotatable bonds is 3. The molecule has 2 aromatic rings. The van der Waals surface area contributed by atoms with Crippen molar-refractivity contribution in [2.75, 3.05) is 5.32 Å². The molecular weight excluding hydrogens is 250 g/mol. The smallest absolute Gasteiger partial charge is 0.326 e. The highest BCUT2D eigenvalue weighted by Gasteiger charge is 2.08. The summed E-state index contributed by atoms with van der Waals surface area (Å²) in [4.78, 5) is 38.1. The Morgan fingerprint density at radius 1 is 1.16 bits per heavy atom. The summed E-state index contributed by atoms with van der Waals surface area (Å²) >= 11 is 0. The summed E-state index contributed by atoms with van der Waals surface area (Å²) in [5, 5.41) is 11.4. The van der Waals surface area contributed by atoms with Gasteiger partial charge in [-0.1, -0.05) is 12.1 Å². The van der Waals surface area contributed by atoms with Crippen LogP contribution in [0.15, 0.2) is 39.9 Å². The van der Waals surface area contributed by atoms with Crippen molar-refractivity contribution in [1.82, 2.24) is 9.97 Å².